The molecule has 5 nitrogen and oxygen atoms in total. The number of ether oxygens (including phenoxy) is 3. The van der Waals surface area contributed by atoms with Gasteiger partial charge in [0.15, 0.2) is 5.76 Å². The van der Waals surface area contributed by atoms with Gasteiger partial charge in [0.1, 0.15) is 17.2 Å². The van der Waals surface area contributed by atoms with E-state index in [1.54, 1.807) is 18.2 Å². The molecule has 0 saturated carbocycles. The average Bonchev–Trinajstić information content (AvgIpc) is 2.84. The minimum Gasteiger partial charge on any atom is -0.493 e. The first-order valence-corrected chi connectivity index (χ1v) is 7.57. The van der Waals surface area contributed by atoms with Crippen molar-refractivity contribution in [2.75, 3.05) is 6.61 Å². The Balaban J connectivity index is 1.92. The number of benzene rings is 2. The van der Waals surface area contributed by atoms with Crippen molar-refractivity contribution in [1.29, 1.82) is 0 Å². The van der Waals surface area contributed by atoms with Crippen LogP contribution in [-0.4, -0.2) is 18.4 Å². The monoisotopic (exact) mass is 324 g/mol. The van der Waals surface area contributed by atoms with E-state index in [2.05, 4.69) is 0 Å². The van der Waals surface area contributed by atoms with Crippen molar-refractivity contribution in [2.45, 2.75) is 13.8 Å². The van der Waals surface area contributed by atoms with Crippen molar-refractivity contribution < 1.29 is 23.8 Å². The van der Waals surface area contributed by atoms with E-state index in [0.717, 1.165) is 5.56 Å². The highest BCUT2D eigenvalue weighted by Crippen LogP contribution is 2.35. The fourth-order valence-corrected chi connectivity index (χ4v) is 2.42. The summed E-state index contributed by atoms with van der Waals surface area (Å²) in [7, 11) is 0. The Morgan fingerprint density at radius 2 is 2.00 bits per heavy atom. The molecule has 0 spiro atoms. The van der Waals surface area contributed by atoms with E-state index in [0.29, 0.717) is 29.4 Å². The van der Waals surface area contributed by atoms with Crippen LogP contribution in [0.2, 0.25) is 0 Å². The molecule has 5 heteroatoms. The molecule has 0 N–H and O–H groups in total. The number of ketones is 1. The van der Waals surface area contributed by atoms with Crippen LogP contribution in [0.4, 0.5) is 0 Å². The predicted molar refractivity (Wildman–Crippen MR) is 88.3 cm³/mol. The predicted octanol–water partition coefficient (Wildman–Crippen LogP) is 3.63. The van der Waals surface area contributed by atoms with Crippen LogP contribution >= 0.6 is 0 Å². The number of para-hydroxylation sites is 1. The molecule has 3 rings (SSSR count). The van der Waals surface area contributed by atoms with E-state index in [9.17, 15) is 9.59 Å². The standard InChI is InChI=1S/C19H16O5/c1-3-22-16-7-5-4-6-13(16)10-18-19(21)15-9-8-14(23-12(2)20)11-17(15)24-18/h4-11H,3H2,1-2H3/b18-10-. The minimum atomic E-state index is -0.430. The third-order valence-corrected chi connectivity index (χ3v) is 3.41. The highest BCUT2D eigenvalue weighted by atomic mass is 16.5. The van der Waals surface area contributed by atoms with Crippen LogP contribution in [0.3, 0.4) is 0 Å². The zero-order chi connectivity index (χ0) is 17.1. The number of allylic oxidation sites excluding steroid dienone is 1. The Labute approximate surface area is 139 Å². The Hall–Kier alpha value is -3.08. The zero-order valence-electron chi connectivity index (χ0n) is 13.4. The van der Waals surface area contributed by atoms with Crippen LogP contribution in [0.15, 0.2) is 48.2 Å². The molecule has 2 aromatic rings. The second-order valence-electron chi connectivity index (χ2n) is 5.16. The fraction of sp³-hybridized carbons (Fsp3) is 0.158. The van der Waals surface area contributed by atoms with Gasteiger partial charge < -0.3 is 14.2 Å². The number of Topliss-reactive ketones (excluding diaryl/α,β-unsaturated/α-hetero) is 1. The maximum atomic E-state index is 12.5. The second-order valence-corrected chi connectivity index (χ2v) is 5.16. The van der Waals surface area contributed by atoms with Gasteiger partial charge in [-0.2, -0.15) is 0 Å². The van der Waals surface area contributed by atoms with Gasteiger partial charge in [0.2, 0.25) is 5.78 Å². The summed E-state index contributed by atoms with van der Waals surface area (Å²) in [6.07, 6.45) is 1.65. The van der Waals surface area contributed by atoms with E-state index in [4.69, 9.17) is 14.2 Å². The first kappa shape index (κ1) is 15.8. The first-order chi connectivity index (χ1) is 11.6. The van der Waals surface area contributed by atoms with Gasteiger partial charge in [0.05, 0.1) is 12.2 Å². The molecule has 1 heterocycles. The number of carbonyl (C=O) groups is 2. The Morgan fingerprint density at radius 3 is 2.75 bits per heavy atom. The summed E-state index contributed by atoms with van der Waals surface area (Å²) in [6.45, 7) is 3.74. The molecule has 0 fully saturated rings. The molecule has 122 valence electrons. The van der Waals surface area contributed by atoms with Crippen LogP contribution in [0.5, 0.6) is 17.2 Å². The van der Waals surface area contributed by atoms with Gasteiger partial charge >= 0.3 is 5.97 Å². The molecular formula is C19H16O5. The van der Waals surface area contributed by atoms with Crippen molar-refractivity contribution in [3.8, 4) is 17.2 Å². The molecule has 0 unspecified atom stereocenters. The van der Waals surface area contributed by atoms with Crippen molar-refractivity contribution in [2.24, 2.45) is 0 Å². The molecule has 24 heavy (non-hydrogen) atoms. The summed E-state index contributed by atoms with van der Waals surface area (Å²) >= 11 is 0. The Morgan fingerprint density at radius 1 is 1.21 bits per heavy atom. The highest BCUT2D eigenvalue weighted by Gasteiger charge is 2.28. The lowest BCUT2D eigenvalue weighted by atomic mass is 10.1. The second kappa shape index (κ2) is 6.58. The topological polar surface area (TPSA) is 61.8 Å². The number of carbonyl (C=O) groups excluding carboxylic acids is 2. The molecule has 0 radical (unpaired) electrons. The third kappa shape index (κ3) is 3.15. The van der Waals surface area contributed by atoms with E-state index in [-0.39, 0.29) is 11.5 Å². The molecule has 0 aromatic heterocycles. The Bertz CT molecular complexity index is 835. The summed E-state index contributed by atoms with van der Waals surface area (Å²) in [5, 5.41) is 0. The molecule has 0 bridgehead atoms. The van der Waals surface area contributed by atoms with Crippen LogP contribution in [-0.2, 0) is 4.79 Å². The van der Waals surface area contributed by atoms with E-state index in [1.165, 1.54) is 13.0 Å². The van der Waals surface area contributed by atoms with Crippen LogP contribution in [0.1, 0.15) is 29.8 Å². The van der Waals surface area contributed by atoms with E-state index in [1.807, 2.05) is 31.2 Å². The number of fused-ring (bicyclic) bond motifs is 1. The largest absolute Gasteiger partial charge is 0.493 e. The van der Waals surface area contributed by atoms with Gasteiger partial charge in [-0.05, 0) is 31.2 Å². The van der Waals surface area contributed by atoms with Gasteiger partial charge in [-0.25, -0.2) is 0 Å². The number of hydrogen-bond acceptors (Lipinski definition) is 5. The highest BCUT2D eigenvalue weighted by molar-refractivity contribution is 6.14. The number of esters is 1. The van der Waals surface area contributed by atoms with Crippen molar-refractivity contribution in [3.05, 3.63) is 59.4 Å². The Kier molecular flexibility index (Phi) is 4.33. The number of hydrogen-bond donors (Lipinski definition) is 0. The fourth-order valence-electron chi connectivity index (χ4n) is 2.42. The molecule has 0 atom stereocenters. The summed E-state index contributed by atoms with van der Waals surface area (Å²) in [5.41, 5.74) is 1.20. The quantitative estimate of drug-likeness (QED) is 0.488. The molecular weight excluding hydrogens is 308 g/mol. The summed E-state index contributed by atoms with van der Waals surface area (Å²) in [4.78, 5) is 23.5. The van der Waals surface area contributed by atoms with Crippen LogP contribution in [0.25, 0.3) is 6.08 Å². The lowest BCUT2D eigenvalue weighted by molar-refractivity contribution is -0.131. The van der Waals surface area contributed by atoms with Gasteiger partial charge in [-0.3, -0.25) is 9.59 Å². The van der Waals surface area contributed by atoms with Gasteiger partial charge in [0.25, 0.3) is 0 Å². The van der Waals surface area contributed by atoms with Gasteiger partial charge in [-0.15, -0.1) is 0 Å². The van der Waals surface area contributed by atoms with Gasteiger partial charge in [-0.1, -0.05) is 18.2 Å². The maximum Gasteiger partial charge on any atom is 0.308 e. The summed E-state index contributed by atoms with van der Waals surface area (Å²) in [6, 6.07) is 12.1. The number of rotatable bonds is 4. The lowest BCUT2D eigenvalue weighted by Gasteiger charge is -2.07. The van der Waals surface area contributed by atoms with Crippen molar-refractivity contribution in [1.82, 2.24) is 0 Å². The first-order valence-electron chi connectivity index (χ1n) is 7.57. The van der Waals surface area contributed by atoms with E-state index >= 15 is 0 Å². The molecule has 0 amide bonds. The molecule has 0 aliphatic carbocycles. The van der Waals surface area contributed by atoms with E-state index < -0.39 is 5.97 Å². The molecule has 1 aliphatic heterocycles. The van der Waals surface area contributed by atoms with Crippen LogP contribution < -0.4 is 14.2 Å². The van der Waals surface area contributed by atoms with Crippen LogP contribution in [0, 0.1) is 0 Å². The summed E-state index contributed by atoms with van der Waals surface area (Å²) < 4.78 is 16.2. The molecule has 0 saturated heterocycles. The maximum absolute atomic E-state index is 12.5. The summed E-state index contributed by atoms with van der Waals surface area (Å²) in [5.74, 6) is 0.952. The average molecular weight is 324 g/mol. The van der Waals surface area contributed by atoms with Crippen molar-refractivity contribution in [3.63, 3.8) is 0 Å². The lowest BCUT2D eigenvalue weighted by Crippen LogP contribution is -2.01. The third-order valence-electron chi connectivity index (χ3n) is 3.41. The molecule has 1 aliphatic rings. The molecule has 2 aromatic carbocycles. The van der Waals surface area contributed by atoms with Crippen molar-refractivity contribution >= 4 is 17.8 Å². The SMILES string of the molecule is CCOc1ccccc1/C=C1\Oc2cc(OC(C)=O)ccc2C1=O. The zero-order valence-corrected chi connectivity index (χ0v) is 13.4. The minimum absolute atomic E-state index is 0.206. The van der Waals surface area contributed by atoms with Gasteiger partial charge in [0, 0.05) is 18.6 Å². The normalized spacial score (nSPS) is 14.2. The smallest absolute Gasteiger partial charge is 0.308 e.